The summed E-state index contributed by atoms with van der Waals surface area (Å²) in [6.07, 6.45) is 1.93. The van der Waals surface area contributed by atoms with Crippen LogP contribution >= 0.6 is 0 Å². The van der Waals surface area contributed by atoms with E-state index in [-0.39, 0.29) is 11.9 Å². The molecule has 1 aromatic carbocycles. The molecule has 3 nitrogen and oxygen atoms in total. The van der Waals surface area contributed by atoms with Gasteiger partial charge in [-0.2, -0.15) is 0 Å². The van der Waals surface area contributed by atoms with Crippen LogP contribution in [0.15, 0.2) is 24.3 Å². The highest BCUT2D eigenvalue weighted by Crippen LogP contribution is 2.38. The molecule has 1 aromatic rings. The first kappa shape index (κ1) is 14.4. The number of rotatable bonds is 5. The van der Waals surface area contributed by atoms with Crippen molar-refractivity contribution >= 4 is 0 Å². The smallest absolute Gasteiger partial charge is 0.158 e. The summed E-state index contributed by atoms with van der Waals surface area (Å²) in [7, 11) is 1.69. The van der Waals surface area contributed by atoms with Gasteiger partial charge in [0.05, 0.1) is 12.7 Å². The zero-order chi connectivity index (χ0) is 13.9. The highest BCUT2D eigenvalue weighted by molar-refractivity contribution is 5.27. The molecule has 19 heavy (non-hydrogen) atoms. The minimum Gasteiger partial charge on any atom is -0.497 e. The van der Waals surface area contributed by atoms with E-state index < -0.39 is 0 Å². The van der Waals surface area contributed by atoms with Crippen molar-refractivity contribution in [3.05, 3.63) is 29.8 Å². The van der Waals surface area contributed by atoms with Gasteiger partial charge in [0.25, 0.3) is 0 Å². The molecule has 1 saturated heterocycles. The molecule has 106 valence electrons. The molecular formula is C16H24O3. The molecule has 3 heteroatoms. The Labute approximate surface area is 115 Å². The lowest BCUT2D eigenvalue weighted by atomic mass is 9.85. The van der Waals surface area contributed by atoms with Crippen molar-refractivity contribution < 1.29 is 14.2 Å². The van der Waals surface area contributed by atoms with Crippen LogP contribution in [-0.4, -0.2) is 25.6 Å². The number of ether oxygens (including phenoxy) is 3. The van der Waals surface area contributed by atoms with Gasteiger partial charge in [0.2, 0.25) is 0 Å². The summed E-state index contributed by atoms with van der Waals surface area (Å²) >= 11 is 0. The average Bonchev–Trinajstić information content (AvgIpc) is 2.65. The van der Waals surface area contributed by atoms with E-state index in [0.29, 0.717) is 12.5 Å². The third-order valence-corrected chi connectivity index (χ3v) is 3.89. The van der Waals surface area contributed by atoms with E-state index in [0.717, 1.165) is 18.6 Å². The third-order valence-electron chi connectivity index (χ3n) is 3.89. The lowest BCUT2D eigenvalue weighted by Gasteiger charge is -2.25. The van der Waals surface area contributed by atoms with Crippen molar-refractivity contribution in [1.29, 1.82) is 0 Å². The second-order valence-electron chi connectivity index (χ2n) is 5.59. The van der Waals surface area contributed by atoms with E-state index in [1.165, 1.54) is 5.56 Å². The average molecular weight is 264 g/mol. The molecule has 0 saturated carbocycles. The lowest BCUT2D eigenvalue weighted by Crippen LogP contribution is -2.29. The molecular weight excluding hydrogens is 240 g/mol. The Kier molecular flexibility index (Phi) is 4.48. The molecule has 1 aliphatic heterocycles. The fraction of sp³-hybridized carbons (Fsp3) is 0.625. The van der Waals surface area contributed by atoms with Gasteiger partial charge in [-0.25, -0.2) is 0 Å². The van der Waals surface area contributed by atoms with Gasteiger partial charge < -0.3 is 14.2 Å². The van der Waals surface area contributed by atoms with Crippen LogP contribution in [-0.2, 0) is 15.9 Å². The molecule has 0 N–H and O–H groups in total. The fourth-order valence-electron chi connectivity index (χ4n) is 2.66. The van der Waals surface area contributed by atoms with Crippen molar-refractivity contribution in [3.8, 4) is 5.75 Å². The Morgan fingerprint density at radius 3 is 2.53 bits per heavy atom. The molecule has 0 aromatic heterocycles. The number of benzene rings is 1. The molecule has 2 unspecified atom stereocenters. The largest absolute Gasteiger partial charge is 0.497 e. The molecule has 1 aliphatic rings. The van der Waals surface area contributed by atoms with E-state index in [4.69, 9.17) is 14.2 Å². The van der Waals surface area contributed by atoms with Crippen LogP contribution in [0.5, 0.6) is 5.75 Å². The predicted molar refractivity (Wildman–Crippen MR) is 75.4 cm³/mol. The van der Waals surface area contributed by atoms with Crippen LogP contribution in [0, 0.1) is 5.92 Å². The molecule has 1 fully saturated rings. The Hall–Kier alpha value is -1.06. The third kappa shape index (κ3) is 3.48. The van der Waals surface area contributed by atoms with Crippen molar-refractivity contribution in [3.63, 3.8) is 0 Å². The Balaban J connectivity index is 2.01. The molecule has 0 spiro atoms. The maximum absolute atomic E-state index is 5.97. The van der Waals surface area contributed by atoms with Gasteiger partial charge in [-0.05, 0) is 50.8 Å². The van der Waals surface area contributed by atoms with Gasteiger partial charge in [0.15, 0.2) is 6.29 Å². The molecule has 1 heterocycles. The van der Waals surface area contributed by atoms with Crippen molar-refractivity contribution in [2.24, 2.45) is 5.92 Å². The van der Waals surface area contributed by atoms with Crippen LogP contribution in [0.3, 0.4) is 0 Å². The summed E-state index contributed by atoms with van der Waals surface area (Å²) in [5, 5.41) is 0. The van der Waals surface area contributed by atoms with Crippen LogP contribution in [0.2, 0.25) is 0 Å². The molecule has 2 rings (SSSR count). The molecule has 0 aliphatic carbocycles. The number of methoxy groups -OCH3 is 1. The summed E-state index contributed by atoms with van der Waals surface area (Å²) in [4.78, 5) is 0. The monoisotopic (exact) mass is 264 g/mol. The highest BCUT2D eigenvalue weighted by Gasteiger charge is 2.41. The lowest BCUT2D eigenvalue weighted by molar-refractivity contribution is -0.158. The fourth-order valence-corrected chi connectivity index (χ4v) is 2.66. The first-order valence-corrected chi connectivity index (χ1v) is 6.97. The molecule has 0 amide bonds. The Morgan fingerprint density at radius 2 is 1.95 bits per heavy atom. The standard InChI is InChI=1S/C16H24O3/c1-5-18-15-11-13(16(2,3)19-15)10-12-6-8-14(17-4)9-7-12/h6-9,13,15H,5,10-11H2,1-4H3. The topological polar surface area (TPSA) is 27.7 Å². The minimum atomic E-state index is -0.125. The first-order valence-electron chi connectivity index (χ1n) is 6.97. The number of hydrogen-bond acceptors (Lipinski definition) is 3. The van der Waals surface area contributed by atoms with Gasteiger partial charge in [-0.1, -0.05) is 12.1 Å². The predicted octanol–water partition coefficient (Wildman–Crippen LogP) is 3.42. The van der Waals surface area contributed by atoms with Gasteiger partial charge in [-0.15, -0.1) is 0 Å². The molecule has 0 bridgehead atoms. The van der Waals surface area contributed by atoms with E-state index in [1.807, 2.05) is 19.1 Å². The van der Waals surface area contributed by atoms with Crippen LogP contribution in [0.1, 0.15) is 32.8 Å². The zero-order valence-electron chi connectivity index (χ0n) is 12.3. The number of hydrogen-bond donors (Lipinski definition) is 0. The van der Waals surface area contributed by atoms with Gasteiger partial charge in [0.1, 0.15) is 5.75 Å². The van der Waals surface area contributed by atoms with Crippen LogP contribution < -0.4 is 4.74 Å². The van der Waals surface area contributed by atoms with Gasteiger partial charge in [0, 0.05) is 13.0 Å². The molecule has 0 radical (unpaired) electrons. The van der Waals surface area contributed by atoms with Crippen molar-refractivity contribution in [2.45, 2.75) is 45.5 Å². The van der Waals surface area contributed by atoms with E-state index in [1.54, 1.807) is 7.11 Å². The summed E-state index contributed by atoms with van der Waals surface area (Å²) in [5.41, 5.74) is 1.19. The Morgan fingerprint density at radius 1 is 1.26 bits per heavy atom. The first-order chi connectivity index (χ1) is 9.05. The van der Waals surface area contributed by atoms with Gasteiger partial charge in [-0.3, -0.25) is 0 Å². The minimum absolute atomic E-state index is 0.0525. The summed E-state index contributed by atoms with van der Waals surface area (Å²) in [6, 6.07) is 8.28. The van der Waals surface area contributed by atoms with Crippen LogP contribution in [0.4, 0.5) is 0 Å². The summed E-state index contributed by atoms with van der Waals surface area (Å²) in [6.45, 7) is 7.02. The maximum Gasteiger partial charge on any atom is 0.158 e. The van der Waals surface area contributed by atoms with E-state index >= 15 is 0 Å². The van der Waals surface area contributed by atoms with Gasteiger partial charge >= 0.3 is 0 Å². The highest BCUT2D eigenvalue weighted by atomic mass is 16.7. The normalized spacial score (nSPS) is 25.5. The van der Waals surface area contributed by atoms with Crippen LogP contribution in [0.25, 0.3) is 0 Å². The zero-order valence-corrected chi connectivity index (χ0v) is 12.3. The summed E-state index contributed by atoms with van der Waals surface area (Å²) < 4.78 is 16.8. The van der Waals surface area contributed by atoms with E-state index in [9.17, 15) is 0 Å². The second kappa shape index (κ2) is 5.93. The van der Waals surface area contributed by atoms with Crippen molar-refractivity contribution in [2.75, 3.05) is 13.7 Å². The Bertz CT molecular complexity index is 397. The second-order valence-corrected chi connectivity index (χ2v) is 5.59. The SMILES string of the molecule is CCOC1CC(Cc2ccc(OC)cc2)C(C)(C)O1. The maximum atomic E-state index is 5.97. The van der Waals surface area contributed by atoms with E-state index in [2.05, 4.69) is 26.0 Å². The van der Waals surface area contributed by atoms with Crippen molar-refractivity contribution in [1.82, 2.24) is 0 Å². The summed E-state index contributed by atoms with van der Waals surface area (Å²) in [5.74, 6) is 1.38. The quantitative estimate of drug-likeness (QED) is 0.815. The molecule has 2 atom stereocenters.